The number of nitrogens with zero attached hydrogens (tertiary/aromatic N) is 1. The molecule has 0 aliphatic carbocycles. The molecule has 1 heterocycles. The first-order valence-corrected chi connectivity index (χ1v) is 5.06. The van der Waals surface area contributed by atoms with Gasteiger partial charge < -0.3 is 4.74 Å². The average Bonchev–Trinajstić information content (AvgIpc) is 2.57. The van der Waals surface area contributed by atoms with Crippen molar-refractivity contribution in [1.29, 1.82) is 0 Å². The summed E-state index contributed by atoms with van der Waals surface area (Å²) >= 11 is 0. The molecule has 16 heavy (non-hydrogen) atoms. The van der Waals surface area contributed by atoms with Gasteiger partial charge in [-0.15, -0.1) is 0 Å². The van der Waals surface area contributed by atoms with Crippen molar-refractivity contribution in [2.45, 2.75) is 13.8 Å². The Labute approximate surface area is 93.5 Å². The molecule has 0 bridgehead atoms. The van der Waals surface area contributed by atoms with Gasteiger partial charge in [0, 0.05) is 11.3 Å². The highest BCUT2D eigenvalue weighted by molar-refractivity contribution is 5.37. The summed E-state index contributed by atoms with van der Waals surface area (Å²) in [4.78, 5) is 11.8. The maximum absolute atomic E-state index is 11.8. The van der Waals surface area contributed by atoms with Crippen LogP contribution in [0.4, 0.5) is 0 Å². The first-order valence-electron chi connectivity index (χ1n) is 5.06. The maximum Gasteiger partial charge on any atom is 0.274 e. The molecule has 4 heteroatoms. The quantitative estimate of drug-likeness (QED) is 0.835. The third-order valence-corrected chi connectivity index (χ3v) is 2.70. The van der Waals surface area contributed by atoms with Gasteiger partial charge in [-0.3, -0.25) is 9.89 Å². The molecule has 84 valence electrons. The fraction of sp³-hybridized carbons (Fsp3) is 0.250. The minimum absolute atomic E-state index is 0.0114. The monoisotopic (exact) mass is 218 g/mol. The average molecular weight is 218 g/mol. The van der Waals surface area contributed by atoms with Crippen LogP contribution < -0.4 is 10.3 Å². The molecule has 0 radical (unpaired) electrons. The van der Waals surface area contributed by atoms with Crippen molar-refractivity contribution >= 4 is 0 Å². The molecule has 0 saturated heterocycles. The fourth-order valence-corrected chi connectivity index (χ4v) is 1.54. The van der Waals surface area contributed by atoms with Crippen LogP contribution in [-0.2, 0) is 0 Å². The van der Waals surface area contributed by atoms with Crippen LogP contribution >= 0.6 is 0 Å². The minimum Gasteiger partial charge on any atom is -0.497 e. The number of methoxy groups -OCH3 is 1. The Balaban J connectivity index is 2.50. The van der Waals surface area contributed by atoms with Gasteiger partial charge in [0.25, 0.3) is 5.56 Å². The van der Waals surface area contributed by atoms with E-state index in [1.165, 1.54) is 4.68 Å². The number of benzene rings is 1. The van der Waals surface area contributed by atoms with Gasteiger partial charge in [-0.25, -0.2) is 4.68 Å². The van der Waals surface area contributed by atoms with Gasteiger partial charge in [0.05, 0.1) is 12.8 Å². The molecule has 0 atom stereocenters. The number of rotatable bonds is 2. The summed E-state index contributed by atoms with van der Waals surface area (Å²) in [7, 11) is 1.62. The second-order valence-electron chi connectivity index (χ2n) is 3.70. The van der Waals surface area contributed by atoms with E-state index < -0.39 is 0 Å². The van der Waals surface area contributed by atoms with Crippen LogP contribution in [0.3, 0.4) is 0 Å². The molecule has 1 aromatic heterocycles. The first kappa shape index (κ1) is 10.5. The first-order chi connectivity index (χ1) is 7.63. The maximum atomic E-state index is 11.8. The molecule has 0 aliphatic heterocycles. The van der Waals surface area contributed by atoms with Crippen LogP contribution in [0.5, 0.6) is 5.75 Å². The van der Waals surface area contributed by atoms with E-state index in [0.29, 0.717) is 0 Å². The number of aromatic amines is 1. The lowest BCUT2D eigenvalue weighted by atomic mass is 10.3. The lowest BCUT2D eigenvalue weighted by Crippen LogP contribution is -2.15. The Morgan fingerprint density at radius 2 is 1.81 bits per heavy atom. The van der Waals surface area contributed by atoms with E-state index in [1.54, 1.807) is 7.11 Å². The summed E-state index contributed by atoms with van der Waals surface area (Å²) in [6.45, 7) is 3.70. The smallest absolute Gasteiger partial charge is 0.274 e. The lowest BCUT2D eigenvalue weighted by molar-refractivity contribution is 0.414. The molecule has 1 aromatic carbocycles. The van der Waals surface area contributed by atoms with Crippen molar-refractivity contribution in [2.24, 2.45) is 0 Å². The van der Waals surface area contributed by atoms with Gasteiger partial charge in [-0.2, -0.15) is 0 Å². The Hall–Kier alpha value is -1.97. The predicted molar refractivity (Wildman–Crippen MR) is 62.4 cm³/mol. The van der Waals surface area contributed by atoms with Gasteiger partial charge in [-0.1, -0.05) is 0 Å². The van der Waals surface area contributed by atoms with Crippen LogP contribution in [0.15, 0.2) is 29.1 Å². The van der Waals surface area contributed by atoms with E-state index in [-0.39, 0.29) is 5.56 Å². The third kappa shape index (κ3) is 1.62. The Morgan fingerprint density at radius 3 is 2.25 bits per heavy atom. The largest absolute Gasteiger partial charge is 0.497 e. The number of ether oxygens (including phenoxy) is 1. The molecule has 0 saturated carbocycles. The van der Waals surface area contributed by atoms with E-state index >= 15 is 0 Å². The molecule has 4 nitrogen and oxygen atoms in total. The zero-order valence-corrected chi connectivity index (χ0v) is 9.57. The number of aryl methyl sites for hydroxylation is 1. The van der Waals surface area contributed by atoms with Crippen molar-refractivity contribution < 1.29 is 4.74 Å². The highest BCUT2D eigenvalue weighted by Crippen LogP contribution is 2.13. The molecule has 1 N–H and O–H groups in total. The Morgan fingerprint density at radius 1 is 1.19 bits per heavy atom. The topological polar surface area (TPSA) is 47.0 Å². The summed E-state index contributed by atoms with van der Waals surface area (Å²) in [5.41, 5.74) is 2.43. The summed E-state index contributed by atoms with van der Waals surface area (Å²) in [6, 6.07) is 7.34. The molecule has 2 rings (SSSR count). The predicted octanol–water partition coefficient (Wildman–Crippen LogP) is 1.79. The Bertz CT molecular complexity index is 549. The van der Waals surface area contributed by atoms with Crippen LogP contribution in [0.2, 0.25) is 0 Å². The molecule has 0 amide bonds. The second-order valence-corrected chi connectivity index (χ2v) is 3.70. The van der Waals surface area contributed by atoms with Crippen LogP contribution in [0, 0.1) is 13.8 Å². The standard InChI is InChI=1S/C12H14N2O2/c1-8-9(2)13-14(12(8)15)10-4-6-11(16-3)7-5-10/h4-7,13H,1-3H3. The summed E-state index contributed by atoms with van der Waals surface area (Å²) in [5.74, 6) is 0.775. The molecule has 2 aromatic rings. The van der Waals surface area contributed by atoms with E-state index in [2.05, 4.69) is 5.10 Å². The molecule has 0 aliphatic rings. The molecular formula is C12H14N2O2. The van der Waals surface area contributed by atoms with Crippen LogP contribution in [0.25, 0.3) is 5.69 Å². The SMILES string of the molecule is COc1ccc(-n2[nH]c(C)c(C)c2=O)cc1. The van der Waals surface area contributed by atoms with E-state index in [9.17, 15) is 4.79 Å². The zero-order chi connectivity index (χ0) is 11.7. The van der Waals surface area contributed by atoms with Gasteiger partial charge in [-0.05, 0) is 38.1 Å². The minimum atomic E-state index is -0.0114. The zero-order valence-electron chi connectivity index (χ0n) is 9.57. The van der Waals surface area contributed by atoms with Crippen molar-refractivity contribution in [1.82, 2.24) is 9.78 Å². The molecule has 0 unspecified atom stereocenters. The third-order valence-electron chi connectivity index (χ3n) is 2.70. The molecule has 0 spiro atoms. The van der Waals surface area contributed by atoms with Gasteiger partial charge in [0.15, 0.2) is 0 Å². The summed E-state index contributed by atoms with van der Waals surface area (Å²) < 4.78 is 6.60. The van der Waals surface area contributed by atoms with Crippen molar-refractivity contribution in [3.8, 4) is 11.4 Å². The Kier molecular flexibility index (Phi) is 2.56. The van der Waals surface area contributed by atoms with Gasteiger partial charge in [0.1, 0.15) is 5.75 Å². The van der Waals surface area contributed by atoms with Gasteiger partial charge in [0.2, 0.25) is 0 Å². The highest BCUT2D eigenvalue weighted by Gasteiger charge is 2.07. The summed E-state index contributed by atoms with van der Waals surface area (Å²) in [5, 5.41) is 3.03. The van der Waals surface area contributed by atoms with Crippen LogP contribution in [-0.4, -0.2) is 16.9 Å². The van der Waals surface area contributed by atoms with Gasteiger partial charge >= 0.3 is 0 Å². The van der Waals surface area contributed by atoms with Crippen molar-refractivity contribution in [2.75, 3.05) is 7.11 Å². The van der Waals surface area contributed by atoms with Crippen LogP contribution in [0.1, 0.15) is 11.3 Å². The number of hydrogen-bond donors (Lipinski definition) is 1. The lowest BCUT2D eigenvalue weighted by Gasteiger charge is -2.03. The van der Waals surface area contributed by atoms with E-state index in [0.717, 1.165) is 22.7 Å². The normalized spacial score (nSPS) is 10.4. The number of H-pyrrole nitrogens is 1. The molecule has 0 fully saturated rings. The number of hydrogen-bond acceptors (Lipinski definition) is 2. The number of nitrogens with one attached hydrogen (secondary N) is 1. The van der Waals surface area contributed by atoms with Crippen molar-refractivity contribution in [3.63, 3.8) is 0 Å². The fourth-order valence-electron chi connectivity index (χ4n) is 1.54. The highest BCUT2D eigenvalue weighted by atomic mass is 16.5. The number of aromatic nitrogens is 2. The van der Waals surface area contributed by atoms with E-state index in [4.69, 9.17) is 4.74 Å². The molecular weight excluding hydrogens is 204 g/mol. The van der Waals surface area contributed by atoms with E-state index in [1.807, 2.05) is 38.1 Å². The van der Waals surface area contributed by atoms with Crippen molar-refractivity contribution in [3.05, 3.63) is 45.9 Å². The second kappa shape index (κ2) is 3.89. The summed E-state index contributed by atoms with van der Waals surface area (Å²) in [6.07, 6.45) is 0.